The number of ether oxygens (including phenoxy) is 1. The topological polar surface area (TPSA) is 43.3 Å². The normalized spacial score (nSPS) is 10.7. The van der Waals surface area contributed by atoms with Gasteiger partial charge < -0.3 is 14.6 Å². The Kier molecular flexibility index (Phi) is 4.06. The van der Waals surface area contributed by atoms with E-state index in [1.54, 1.807) is 19.2 Å². The van der Waals surface area contributed by atoms with Crippen molar-refractivity contribution in [2.75, 3.05) is 7.11 Å². The van der Waals surface area contributed by atoms with E-state index < -0.39 is 0 Å². The first-order valence-corrected chi connectivity index (χ1v) is 7.57. The third kappa shape index (κ3) is 2.80. The summed E-state index contributed by atoms with van der Waals surface area (Å²) in [5, 5.41) is 4.18. The molecule has 4 nitrogen and oxygen atoms in total. The monoisotopic (exact) mass is 308 g/mol. The summed E-state index contributed by atoms with van der Waals surface area (Å²) in [6.07, 6.45) is 0. The zero-order chi connectivity index (χ0) is 16.4. The Morgan fingerprint density at radius 1 is 1.17 bits per heavy atom. The standard InChI is InChI=1S/C19H20N2O2/c1-13-17(16-9-4-5-10-18(16)21(13)2)12-20-19(22)14-7-6-8-15(11-14)23-3/h4-11H,12H2,1-3H3,(H,20,22). The summed E-state index contributed by atoms with van der Waals surface area (Å²) in [6.45, 7) is 2.58. The van der Waals surface area contributed by atoms with Crippen LogP contribution < -0.4 is 10.1 Å². The molecule has 3 aromatic rings. The molecule has 4 heteroatoms. The highest BCUT2D eigenvalue weighted by atomic mass is 16.5. The van der Waals surface area contributed by atoms with Crippen LogP contribution in [0.5, 0.6) is 5.75 Å². The minimum Gasteiger partial charge on any atom is -0.497 e. The van der Waals surface area contributed by atoms with Crippen LogP contribution in [-0.4, -0.2) is 17.6 Å². The molecule has 1 N–H and O–H groups in total. The largest absolute Gasteiger partial charge is 0.497 e. The van der Waals surface area contributed by atoms with Crippen LogP contribution in [0.3, 0.4) is 0 Å². The molecule has 118 valence electrons. The number of hydrogen-bond donors (Lipinski definition) is 1. The van der Waals surface area contributed by atoms with Crippen LogP contribution in [0.1, 0.15) is 21.6 Å². The van der Waals surface area contributed by atoms with E-state index in [9.17, 15) is 4.79 Å². The Hall–Kier alpha value is -2.75. The lowest BCUT2D eigenvalue weighted by atomic mass is 10.1. The minimum atomic E-state index is -0.101. The van der Waals surface area contributed by atoms with E-state index in [-0.39, 0.29) is 5.91 Å². The number of aryl methyl sites for hydroxylation is 1. The highest BCUT2D eigenvalue weighted by Crippen LogP contribution is 2.24. The molecule has 0 saturated carbocycles. The van der Waals surface area contributed by atoms with Gasteiger partial charge in [-0.3, -0.25) is 4.79 Å². The van der Waals surface area contributed by atoms with Crippen molar-refractivity contribution in [3.63, 3.8) is 0 Å². The summed E-state index contributed by atoms with van der Waals surface area (Å²) in [4.78, 5) is 12.4. The molecule has 0 aliphatic rings. The number of carbonyl (C=O) groups is 1. The predicted molar refractivity (Wildman–Crippen MR) is 91.8 cm³/mol. The quantitative estimate of drug-likeness (QED) is 0.802. The van der Waals surface area contributed by atoms with Gasteiger partial charge in [-0.15, -0.1) is 0 Å². The van der Waals surface area contributed by atoms with E-state index in [0.717, 1.165) is 11.3 Å². The second-order valence-corrected chi connectivity index (χ2v) is 5.55. The lowest BCUT2D eigenvalue weighted by Crippen LogP contribution is -2.23. The number of rotatable bonds is 4. The smallest absolute Gasteiger partial charge is 0.251 e. The SMILES string of the molecule is COc1cccc(C(=O)NCc2c(C)n(C)c3ccccc23)c1. The third-order valence-electron chi connectivity index (χ3n) is 4.29. The van der Waals surface area contributed by atoms with Crippen LogP contribution in [0.2, 0.25) is 0 Å². The van der Waals surface area contributed by atoms with Gasteiger partial charge in [0.05, 0.1) is 7.11 Å². The highest BCUT2D eigenvalue weighted by Gasteiger charge is 2.13. The van der Waals surface area contributed by atoms with Gasteiger partial charge in [0, 0.05) is 35.8 Å². The molecule has 1 amide bonds. The van der Waals surface area contributed by atoms with Crippen LogP contribution in [-0.2, 0) is 13.6 Å². The molecule has 0 radical (unpaired) electrons. The maximum atomic E-state index is 12.4. The molecule has 3 rings (SSSR count). The lowest BCUT2D eigenvalue weighted by molar-refractivity contribution is 0.0950. The summed E-state index contributed by atoms with van der Waals surface area (Å²) >= 11 is 0. The number of benzene rings is 2. The molecule has 2 aromatic carbocycles. The average Bonchev–Trinajstić information content (AvgIpc) is 2.84. The second kappa shape index (κ2) is 6.16. The number of fused-ring (bicyclic) bond motifs is 1. The lowest BCUT2D eigenvalue weighted by Gasteiger charge is -2.07. The molecule has 0 spiro atoms. The van der Waals surface area contributed by atoms with Crippen LogP contribution in [0.4, 0.5) is 0 Å². The first-order chi connectivity index (χ1) is 11.1. The number of carbonyl (C=O) groups excluding carboxylic acids is 1. The Morgan fingerprint density at radius 3 is 2.74 bits per heavy atom. The molecule has 1 heterocycles. The predicted octanol–water partition coefficient (Wildman–Crippen LogP) is 3.43. The molecular formula is C19H20N2O2. The number of methoxy groups -OCH3 is 1. The number of nitrogens with one attached hydrogen (secondary N) is 1. The summed E-state index contributed by atoms with van der Waals surface area (Å²) in [5.74, 6) is 0.579. The van der Waals surface area contributed by atoms with Gasteiger partial charge in [0.1, 0.15) is 5.75 Å². The zero-order valence-corrected chi connectivity index (χ0v) is 13.6. The Labute approximate surface area is 135 Å². The molecular weight excluding hydrogens is 288 g/mol. The molecule has 1 aromatic heterocycles. The third-order valence-corrected chi connectivity index (χ3v) is 4.29. The van der Waals surface area contributed by atoms with Crippen LogP contribution in [0.25, 0.3) is 10.9 Å². The molecule has 0 fully saturated rings. The fraction of sp³-hybridized carbons (Fsp3) is 0.211. The van der Waals surface area contributed by atoms with Gasteiger partial charge in [-0.25, -0.2) is 0 Å². The van der Waals surface area contributed by atoms with Crippen molar-refractivity contribution >= 4 is 16.8 Å². The van der Waals surface area contributed by atoms with Crippen molar-refractivity contribution in [3.8, 4) is 5.75 Å². The van der Waals surface area contributed by atoms with Crippen LogP contribution in [0, 0.1) is 6.92 Å². The minimum absolute atomic E-state index is 0.101. The number of amides is 1. The molecule has 0 atom stereocenters. The molecule has 0 saturated heterocycles. The van der Waals surface area contributed by atoms with E-state index in [1.807, 2.05) is 31.3 Å². The van der Waals surface area contributed by atoms with Crippen molar-refractivity contribution in [3.05, 3.63) is 65.4 Å². The Morgan fingerprint density at radius 2 is 1.96 bits per heavy atom. The Bertz CT molecular complexity index is 865. The van der Waals surface area contributed by atoms with Gasteiger partial charge in [-0.05, 0) is 36.8 Å². The summed E-state index contributed by atoms with van der Waals surface area (Å²) in [7, 11) is 3.64. The van der Waals surface area contributed by atoms with E-state index in [1.165, 1.54) is 10.9 Å². The van der Waals surface area contributed by atoms with Gasteiger partial charge in [0.15, 0.2) is 0 Å². The van der Waals surface area contributed by atoms with Gasteiger partial charge in [0.2, 0.25) is 0 Å². The van der Waals surface area contributed by atoms with E-state index in [4.69, 9.17) is 4.74 Å². The van der Waals surface area contributed by atoms with E-state index >= 15 is 0 Å². The summed E-state index contributed by atoms with van der Waals surface area (Å²) < 4.78 is 7.32. The first-order valence-electron chi connectivity index (χ1n) is 7.57. The summed E-state index contributed by atoms with van der Waals surface area (Å²) in [6, 6.07) is 15.4. The molecule has 23 heavy (non-hydrogen) atoms. The fourth-order valence-corrected chi connectivity index (χ4v) is 2.86. The van der Waals surface area contributed by atoms with Gasteiger partial charge in [0.25, 0.3) is 5.91 Å². The van der Waals surface area contributed by atoms with Crippen molar-refractivity contribution in [1.29, 1.82) is 0 Å². The average molecular weight is 308 g/mol. The number of nitrogens with zero attached hydrogens (tertiary/aromatic N) is 1. The van der Waals surface area contributed by atoms with Crippen molar-refractivity contribution in [2.24, 2.45) is 7.05 Å². The molecule has 0 unspecified atom stereocenters. The van der Waals surface area contributed by atoms with Crippen LogP contribution in [0.15, 0.2) is 48.5 Å². The molecule has 0 aliphatic heterocycles. The van der Waals surface area contributed by atoms with Crippen molar-refractivity contribution in [1.82, 2.24) is 9.88 Å². The number of aromatic nitrogens is 1. The van der Waals surface area contributed by atoms with Gasteiger partial charge >= 0.3 is 0 Å². The maximum Gasteiger partial charge on any atom is 0.251 e. The van der Waals surface area contributed by atoms with E-state index in [0.29, 0.717) is 17.9 Å². The Balaban J connectivity index is 1.83. The van der Waals surface area contributed by atoms with E-state index in [2.05, 4.69) is 28.9 Å². The highest BCUT2D eigenvalue weighted by molar-refractivity contribution is 5.95. The van der Waals surface area contributed by atoms with Crippen molar-refractivity contribution in [2.45, 2.75) is 13.5 Å². The van der Waals surface area contributed by atoms with Gasteiger partial charge in [-0.1, -0.05) is 24.3 Å². The van der Waals surface area contributed by atoms with Crippen LogP contribution >= 0.6 is 0 Å². The van der Waals surface area contributed by atoms with Gasteiger partial charge in [-0.2, -0.15) is 0 Å². The second-order valence-electron chi connectivity index (χ2n) is 5.55. The molecule has 0 bridgehead atoms. The first kappa shape index (κ1) is 15.2. The fourth-order valence-electron chi connectivity index (χ4n) is 2.86. The summed E-state index contributed by atoms with van der Waals surface area (Å²) in [5.41, 5.74) is 4.09. The number of para-hydroxylation sites is 1. The zero-order valence-electron chi connectivity index (χ0n) is 13.6. The van der Waals surface area contributed by atoms with Crippen molar-refractivity contribution < 1.29 is 9.53 Å². The number of hydrogen-bond acceptors (Lipinski definition) is 2. The maximum absolute atomic E-state index is 12.4. The molecule has 0 aliphatic carbocycles.